The molecule has 0 unspecified atom stereocenters. The average molecular weight is 194 g/mol. The number of Topliss-reactive ketones (excluding diaryl/α,β-unsaturated/α-hetero) is 1. The minimum absolute atomic E-state index is 0.205. The highest BCUT2D eigenvalue weighted by Crippen LogP contribution is 2.32. The number of carbonyl (C=O) groups excluding carboxylic acids is 1. The van der Waals surface area contributed by atoms with Crippen LogP contribution in [0.4, 0.5) is 0 Å². The van der Waals surface area contributed by atoms with Gasteiger partial charge in [-0.05, 0) is 17.7 Å². The predicted octanol–water partition coefficient (Wildman–Crippen LogP) is 0.519. The maximum absolute atomic E-state index is 11.0. The second kappa shape index (κ2) is 3.67. The maximum atomic E-state index is 11.0. The van der Waals surface area contributed by atoms with Crippen LogP contribution in [0.3, 0.4) is 0 Å². The molecule has 0 amide bonds. The summed E-state index contributed by atoms with van der Waals surface area (Å²) < 4.78 is 10.3. The van der Waals surface area contributed by atoms with E-state index in [1.807, 2.05) is 0 Å². The van der Waals surface area contributed by atoms with Crippen LogP contribution in [-0.2, 0) is 11.2 Å². The van der Waals surface area contributed by atoms with Gasteiger partial charge in [-0.1, -0.05) is 6.07 Å². The van der Waals surface area contributed by atoms with Crippen LogP contribution in [0.25, 0.3) is 0 Å². The Kier molecular flexibility index (Phi) is 2.37. The van der Waals surface area contributed by atoms with Crippen LogP contribution in [0.5, 0.6) is 11.5 Å². The summed E-state index contributed by atoms with van der Waals surface area (Å²) in [4.78, 5) is 11.0. The summed E-state index contributed by atoms with van der Waals surface area (Å²) in [5.41, 5.74) is 0.827. The Morgan fingerprint density at radius 3 is 2.93 bits per heavy atom. The molecule has 0 fully saturated rings. The monoisotopic (exact) mass is 194 g/mol. The molecule has 1 aliphatic heterocycles. The van der Waals surface area contributed by atoms with Crippen LogP contribution in [-0.4, -0.2) is 24.3 Å². The van der Waals surface area contributed by atoms with Gasteiger partial charge in [-0.2, -0.15) is 0 Å². The zero-order chi connectivity index (χ0) is 9.97. The Labute approximate surface area is 81.1 Å². The Morgan fingerprint density at radius 2 is 2.14 bits per heavy atom. The van der Waals surface area contributed by atoms with Crippen LogP contribution >= 0.6 is 0 Å². The summed E-state index contributed by atoms with van der Waals surface area (Å²) in [5, 5.41) is 8.58. The van der Waals surface area contributed by atoms with E-state index in [1.54, 1.807) is 18.2 Å². The van der Waals surface area contributed by atoms with Gasteiger partial charge in [0.2, 0.25) is 6.79 Å². The van der Waals surface area contributed by atoms with E-state index in [0.717, 1.165) is 5.56 Å². The van der Waals surface area contributed by atoms with E-state index in [1.165, 1.54) is 0 Å². The molecule has 0 spiro atoms. The third kappa shape index (κ3) is 1.70. The highest BCUT2D eigenvalue weighted by Gasteiger charge is 2.13. The Bertz CT molecular complexity index is 359. The zero-order valence-electron chi connectivity index (χ0n) is 7.53. The van der Waals surface area contributed by atoms with Crippen molar-refractivity contribution in [2.24, 2.45) is 0 Å². The number of carbonyl (C=O) groups is 1. The molecule has 0 saturated heterocycles. The standard InChI is InChI=1S/C10H10O4/c11-5-8(12)3-7-1-2-9-10(4-7)14-6-13-9/h1-2,4,11H,3,5-6H2. The highest BCUT2D eigenvalue weighted by molar-refractivity contribution is 5.82. The van der Waals surface area contributed by atoms with Crippen molar-refractivity contribution in [3.8, 4) is 11.5 Å². The Balaban J connectivity index is 2.16. The molecule has 1 aromatic rings. The number of ketones is 1. The molecular weight excluding hydrogens is 184 g/mol. The Morgan fingerprint density at radius 1 is 1.36 bits per heavy atom. The van der Waals surface area contributed by atoms with Gasteiger partial charge in [-0.3, -0.25) is 4.79 Å². The van der Waals surface area contributed by atoms with Crippen molar-refractivity contribution in [1.82, 2.24) is 0 Å². The second-order valence-corrected chi connectivity index (χ2v) is 3.06. The summed E-state index contributed by atoms with van der Waals surface area (Å²) in [7, 11) is 0. The van der Waals surface area contributed by atoms with Gasteiger partial charge in [-0.15, -0.1) is 0 Å². The van der Waals surface area contributed by atoms with Gasteiger partial charge in [0.25, 0.3) is 0 Å². The molecule has 0 aromatic heterocycles. The minimum Gasteiger partial charge on any atom is -0.454 e. The molecule has 1 heterocycles. The number of fused-ring (bicyclic) bond motifs is 1. The molecule has 0 saturated carbocycles. The van der Waals surface area contributed by atoms with E-state index < -0.39 is 6.61 Å². The smallest absolute Gasteiger partial charge is 0.231 e. The van der Waals surface area contributed by atoms with Crippen molar-refractivity contribution < 1.29 is 19.4 Å². The summed E-state index contributed by atoms with van der Waals surface area (Å²) in [6.45, 7) is -0.193. The maximum Gasteiger partial charge on any atom is 0.231 e. The lowest BCUT2D eigenvalue weighted by atomic mass is 10.1. The predicted molar refractivity (Wildman–Crippen MR) is 48.4 cm³/mol. The van der Waals surface area contributed by atoms with E-state index in [0.29, 0.717) is 11.5 Å². The number of hydrogen-bond donors (Lipinski definition) is 1. The molecule has 1 aliphatic rings. The molecule has 4 nitrogen and oxygen atoms in total. The van der Waals surface area contributed by atoms with Crippen molar-refractivity contribution in [2.45, 2.75) is 6.42 Å². The summed E-state index contributed by atoms with van der Waals surface area (Å²) in [5.74, 6) is 1.15. The molecule has 14 heavy (non-hydrogen) atoms. The van der Waals surface area contributed by atoms with Crippen molar-refractivity contribution in [3.63, 3.8) is 0 Å². The third-order valence-corrected chi connectivity index (χ3v) is 2.01. The minimum atomic E-state index is -0.422. The topological polar surface area (TPSA) is 55.8 Å². The summed E-state index contributed by atoms with van der Waals surface area (Å²) >= 11 is 0. The van der Waals surface area contributed by atoms with Crippen LogP contribution in [0.2, 0.25) is 0 Å². The van der Waals surface area contributed by atoms with Gasteiger partial charge in [0.1, 0.15) is 6.61 Å². The van der Waals surface area contributed by atoms with E-state index in [2.05, 4.69) is 0 Å². The number of aliphatic hydroxyl groups is 1. The first-order chi connectivity index (χ1) is 6.79. The van der Waals surface area contributed by atoms with E-state index in [9.17, 15) is 4.79 Å². The molecule has 4 heteroatoms. The highest BCUT2D eigenvalue weighted by atomic mass is 16.7. The largest absolute Gasteiger partial charge is 0.454 e. The van der Waals surface area contributed by atoms with Gasteiger partial charge < -0.3 is 14.6 Å². The molecule has 2 rings (SSSR count). The van der Waals surface area contributed by atoms with Gasteiger partial charge in [-0.25, -0.2) is 0 Å². The normalized spacial score (nSPS) is 12.9. The number of hydrogen-bond acceptors (Lipinski definition) is 4. The lowest BCUT2D eigenvalue weighted by Gasteiger charge is -2.00. The SMILES string of the molecule is O=C(CO)Cc1ccc2c(c1)OCO2. The molecule has 0 aliphatic carbocycles. The number of ether oxygens (including phenoxy) is 2. The third-order valence-electron chi connectivity index (χ3n) is 2.01. The first-order valence-corrected chi connectivity index (χ1v) is 4.30. The zero-order valence-corrected chi connectivity index (χ0v) is 7.53. The summed E-state index contributed by atoms with van der Waals surface area (Å²) in [6, 6.07) is 5.32. The molecule has 1 N–H and O–H groups in total. The van der Waals surface area contributed by atoms with Crippen LogP contribution in [0, 0.1) is 0 Å². The van der Waals surface area contributed by atoms with Crippen molar-refractivity contribution >= 4 is 5.78 Å². The second-order valence-electron chi connectivity index (χ2n) is 3.06. The Hall–Kier alpha value is -1.55. The lowest BCUT2D eigenvalue weighted by molar-refractivity contribution is -0.121. The van der Waals surface area contributed by atoms with Gasteiger partial charge >= 0.3 is 0 Å². The number of benzene rings is 1. The number of rotatable bonds is 3. The fourth-order valence-corrected chi connectivity index (χ4v) is 1.33. The molecule has 0 radical (unpaired) electrons. The lowest BCUT2D eigenvalue weighted by Crippen LogP contribution is -2.07. The molecule has 1 aromatic carbocycles. The van der Waals surface area contributed by atoms with Crippen molar-refractivity contribution in [2.75, 3.05) is 13.4 Å². The van der Waals surface area contributed by atoms with Crippen molar-refractivity contribution in [1.29, 1.82) is 0 Å². The van der Waals surface area contributed by atoms with Crippen LogP contribution < -0.4 is 9.47 Å². The summed E-state index contributed by atoms with van der Waals surface area (Å²) in [6.07, 6.45) is 0.229. The first-order valence-electron chi connectivity index (χ1n) is 4.30. The van der Waals surface area contributed by atoms with Crippen LogP contribution in [0.15, 0.2) is 18.2 Å². The van der Waals surface area contributed by atoms with Crippen LogP contribution in [0.1, 0.15) is 5.56 Å². The van der Waals surface area contributed by atoms with Crippen molar-refractivity contribution in [3.05, 3.63) is 23.8 Å². The van der Waals surface area contributed by atoms with E-state index >= 15 is 0 Å². The fourth-order valence-electron chi connectivity index (χ4n) is 1.33. The van der Waals surface area contributed by atoms with Gasteiger partial charge in [0.05, 0.1) is 0 Å². The van der Waals surface area contributed by atoms with E-state index in [4.69, 9.17) is 14.6 Å². The molecule has 0 atom stereocenters. The average Bonchev–Trinajstić information content (AvgIpc) is 2.64. The quantitative estimate of drug-likeness (QED) is 0.762. The van der Waals surface area contributed by atoms with Gasteiger partial charge in [0, 0.05) is 6.42 Å². The molecule has 74 valence electrons. The first kappa shape index (κ1) is 9.02. The number of aliphatic hydroxyl groups excluding tert-OH is 1. The van der Waals surface area contributed by atoms with Gasteiger partial charge in [0.15, 0.2) is 17.3 Å². The fraction of sp³-hybridized carbons (Fsp3) is 0.300. The molecular formula is C10H10O4. The molecule has 0 bridgehead atoms. The van der Waals surface area contributed by atoms with E-state index in [-0.39, 0.29) is 19.0 Å².